The normalized spacial score (nSPS) is 14.7. The van der Waals surface area contributed by atoms with Crippen molar-refractivity contribution < 1.29 is 28.4 Å². The topological polar surface area (TPSA) is 125 Å². The maximum Gasteiger partial charge on any atom is 0.253 e. The van der Waals surface area contributed by atoms with Crippen LogP contribution in [0.15, 0.2) is 30.4 Å². The van der Waals surface area contributed by atoms with Crippen LogP contribution in [0.2, 0.25) is 0 Å². The summed E-state index contributed by atoms with van der Waals surface area (Å²) in [6.07, 6.45) is 5.06. The van der Waals surface area contributed by atoms with Crippen LogP contribution in [0.4, 0.5) is 10.1 Å². The van der Waals surface area contributed by atoms with Crippen molar-refractivity contribution in [3.8, 4) is 0 Å². The van der Waals surface area contributed by atoms with Crippen molar-refractivity contribution in [2.24, 2.45) is 5.92 Å². The van der Waals surface area contributed by atoms with Crippen LogP contribution in [0.5, 0.6) is 0 Å². The van der Waals surface area contributed by atoms with E-state index in [2.05, 4.69) is 16.0 Å². The Morgan fingerprint density at radius 1 is 0.944 bits per heavy atom. The highest BCUT2D eigenvalue weighted by atomic mass is 19.1. The lowest BCUT2D eigenvalue weighted by molar-refractivity contribution is -0.137. The zero-order valence-corrected chi connectivity index (χ0v) is 21.2. The molecule has 3 N–H and O–H groups in total. The van der Waals surface area contributed by atoms with E-state index >= 15 is 0 Å². The monoisotopic (exact) mass is 502 g/mol. The van der Waals surface area contributed by atoms with Crippen molar-refractivity contribution >= 4 is 35.2 Å². The third-order valence-electron chi connectivity index (χ3n) is 5.90. The summed E-state index contributed by atoms with van der Waals surface area (Å²) in [6, 6.07) is 2.75. The largest absolute Gasteiger partial charge is 0.344 e. The molecule has 196 valence electrons. The molecule has 9 nitrogen and oxygen atoms in total. The van der Waals surface area contributed by atoms with Gasteiger partial charge in [0.2, 0.25) is 17.7 Å². The minimum Gasteiger partial charge on any atom is -0.344 e. The second kappa shape index (κ2) is 13.5. The molecule has 1 aliphatic heterocycles. The predicted octanol–water partition coefficient (Wildman–Crippen LogP) is 2.46. The second-order valence-corrected chi connectivity index (χ2v) is 9.15. The summed E-state index contributed by atoms with van der Waals surface area (Å²) in [5.74, 6) is -2.84. The van der Waals surface area contributed by atoms with Crippen LogP contribution in [0.3, 0.4) is 0 Å². The number of hydrogen-bond donors (Lipinski definition) is 3. The molecule has 10 heteroatoms. The van der Waals surface area contributed by atoms with Gasteiger partial charge in [-0.3, -0.25) is 28.9 Å². The Bertz CT molecular complexity index is 1010. The number of amides is 5. The second-order valence-electron chi connectivity index (χ2n) is 9.15. The van der Waals surface area contributed by atoms with Gasteiger partial charge in [0.05, 0.1) is 5.69 Å². The summed E-state index contributed by atoms with van der Waals surface area (Å²) in [5, 5.41) is 7.76. The van der Waals surface area contributed by atoms with Crippen LogP contribution >= 0.6 is 0 Å². The fourth-order valence-corrected chi connectivity index (χ4v) is 3.65. The number of aryl methyl sites for hydroxylation is 1. The SMILES string of the molecule is CCc1ccc(NC(=O)[C@H](C)NC(=O)[C@@H](NC(=O)CCCCCN2C(=O)C=CC2=O)C(C)C)c(F)c1. The lowest BCUT2D eigenvalue weighted by Crippen LogP contribution is -2.53. The molecule has 5 amide bonds. The van der Waals surface area contributed by atoms with Gasteiger partial charge in [0, 0.05) is 25.1 Å². The number of nitrogens with zero attached hydrogens (tertiary/aromatic N) is 1. The molecule has 0 radical (unpaired) electrons. The average molecular weight is 503 g/mol. The Balaban J connectivity index is 1.78. The molecule has 1 aromatic carbocycles. The number of hydrogen-bond acceptors (Lipinski definition) is 5. The smallest absolute Gasteiger partial charge is 0.253 e. The van der Waals surface area contributed by atoms with E-state index in [1.165, 1.54) is 31.2 Å². The molecule has 1 heterocycles. The Labute approximate surface area is 210 Å². The predicted molar refractivity (Wildman–Crippen MR) is 133 cm³/mol. The molecule has 0 saturated carbocycles. The number of benzene rings is 1. The van der Waals surface area contributed by atoms with Gasteiger partial charge in [0.1, 0.15) is 17.9 Å². The van der Waals surface area contributed by atoms with E-state index in [1.54, 1.807) is 19.9 Å². The molecule has 0 spiro atoms. The number of anilines is 1. The molecular weight excluding hydrogens is 467 g/mol. The van der Waals surface area contributed by atoms with E-state index < -0.39 is 29.7 Å². The molecule has 2 atom stereocenters. The van der Waals surface area contributed by atoms with E-state index in [1.807, 2.05) is 6.92 Å². The van der Waals surface area contributed by atoms with E-state index in [-0.39, 0.29) is 35.7 Å². The molecular formula is C26H35FN4O5. The summed E-state index contributed by atoms with van der Waals surface area (Å²) in [7, 11) is 0. The van der Waals surface area contributed by atoms with E-state index in [0.29, 0.717) is 32.2 Å². The van der Waals surface area contributed by atoms with Crippen LogP contribution in [0.25, 0.3) is 0 Å². The van der Waals surface area contributed by atoms with Crippen LogP contribution in [-0.4, -0.2) is 53.1 Å². The minimum absolute atomic E-state index is 0.0294. The van der Waals surface area contributed by atoms with Gasteiger partial charge in [-0.2, -0.15) is 0 Å². The van der Waals surface area contributed by atoms with Gasteiger partial charge >= 0.3 is 0 Å². The van der Waals surface area contributed by atoms with Crippen molar-refractivity contribution in [1.29, 1.82) is 0 Å². The molecule has 0 aliphatic carbocycles. The van der Waals surface area contributed by atoms with E-state index in [9.17, 15) is 28.4 Å². The number of imide groups is 1. The third kappa shape index (κ3) is 8.28. The first-order valence-electron chi connectivity index (χ1n) is 12.3. The number of carbonyl (C=O) groups is 5. The lowest BCUT2D eigenvalue weighted by Gasteiger charge is -2.24. The van der Waals surface area contributed by atoms with Crippen molar-refractivity contribution in [2.75, 3.05) is 11.9 Å². The van der Waals surface area contributed by atoms with Gasteiger partial charge in [-0.1, -0.05) is 33.3 Å². The molecule has 0 unspecified atom stereocenters. The van der Waals surface area contributed by atoms with Crippen molar-refractivity contribution in [3.05, 3.63) is 41.7 Å². The molecule has 2 rings (SSSR count). The Kier molecular flexibility index (Phi) is 10.8. The molecule has 1 aromatic rings. The van der Waals surface area contributed by atoms with Crippen LogP contribution in [-0.2, 0) is 30.4 Å². The fourth-order valence-electron chi connectivity index (χ4n) is 3.65. The maximum absolute atomic E-state index is 14.2. The summed E-state index contributed by atoms with van der Waals surface area (Å²) >= 11 is 0. The van der Waals surface area contributed by atoms with Crippen LogP contribution in [0, 0.1) is 11.7 Å². The van der Waals surface area contributed by atoms with Gasteiger partial charge in [-0.25, -0.2) is 4.39 Å². The first kappa shape index (κ1) is 28.7. The summed E-state index contributed by atoms with van der Waals surface area (Å²) < 4.78 is 14.2. The van der Waals surface area contributed by atoms with Crippen molar-refractivity contribution in [1.82, 2.24) is 15.5 Å². The zero-order chi connectivity index (χ0) is 26.8. The van der Waals surface area contributed by atoms with E-state index in [4.69, 9.17) is 0 Å². The van der Waals surface area contributed by atoms with Gasteiger partial charge in [0.15, 0.2) is 0 Å². The van der Waals surface area contributed by atoms with Gasteiger partial charge in [-0.05, 0) is 49.8 Å². The Morgan fingerprint density at radius 2 is 1.61 bits per heavy atom. The first-order valence-corrected chi connectivity index (χ1v) is 12.3. The Morgan fingerprint density at radius 3 is 2.19 bits per heavy atom. The number of carbonyl (C=O) groups excluding carboxylic acids is 5. The summed E-state index contributed by atoms with van der Waals surface area (Å²) in [5.41, 5.74) is 0.832. The lowest BCUT2D eigenvalue weighted by atomic mass is 10.0. The van der Waals surface area contributed by atoms with Gasteiger partial charge < -0.3 is 16.0 Å². The van der Waals surface area contributed by atoms with Gasteiger partial charge in [-0.15, -0.1) is 0 Å². The summed E-state index contributed by atoms with van der Waals surface area (Å²) in [4.78, 5) is 61.9. The quantitative estimate of drug-likeness (QED) is 0.282. The fraction of sp³-hybridized carbons (Fsp3) is 0.500. The highest BCUT2D eigenvalue weighted by molar-refractivity contribution is 6.12. The van der Waals surface area contributed by atoms with Crippen LogP contribution in [0.1, 0.15) is 58.9 Å². The van der Waals surface area contributed by atoms with Crippen LogP contribution < -0.4 is 16.0 Å². The Hall–Kier alpha value is -3.56. The molecule has 1 aliphatic rings. The molecule has 36 heavy (non-hydrogen) atoms. The number of rotatable bonds is 13. The molecule has 0 saturated heterocycles. The zero-order valence-electron chi connectivity index (χ0n) is 21.2. The highest BCUT2D eigenvalue weighted by Gasteiger charge is 2.27. The average Bonchev–Trinajstić information content (AvgIpc) is 3.15. The van der Waals surface area contributed by atoms with E-state index in [0.717, 1.165) is 10.5 Å². The highest BCUT2D eigenvalue weighted by Crippen LogP contribution is 2.16. The number of halogens is 1. The first-order chi connectivity index (χ1) is 17.0. The van der Waals surface area contributed by atoms with Gasteiger partial charge in [0.25, 0.3) is 11.8 Å². The molecule has 0 aromatic heterocycles. The number of unbranched alkanes of at least 4 members (excludes halogenated alkanes) is 2. The van der Waals surface area contributed by atoms with Crippen molar-refractivity contribution in [2.45, 2.75) is 71.9 Å². The molecule has 0 fully saturated rings. The standard InChI is InChI=1S/C26H35FN4O5/c1-5-18-10-11-20(19(27)15-18)29-25(35)17(4)28-26(36)24(16(2)3)30-21(32)9-7-6-8-14-31-22(33)12-13-23(31)34/h10-13,15-17,24H,5-9,14H2,1-4H3,(H,28,36)(H,29,35)(H,30,32)/t17-,24-/m0/s1. The minimum atomic E-state index is -0.952. The van der Waals surface area contributed by atoms with Crippen molar-refractivity contribution in [3.63, 3.8) is 0 Å². The number of nitrogens with one attached hydrogen (secondary N) is 3. The summed E-state index contributed by atoms with van der Waals surface area (Å²) in [6.45, 7) is 7.23. The maximum atomic E-state index is 14.2. The third-order valence-corrected chi connectivity index (χ3v) is 5.90. The molecule has 0 bridgehead atoms.